The van der Waals surface area contributed by atoms with Crippen molar-refractivity contribution in [2.75, 3.05) is 33.4 Å². The standard InChI is InChI=1S/C17H20F2N2O4/c1-24-12-4-2-3-5-13(12)25-8-14(22)21-10-16(6-7-20-15(16)23)9-17(18,19)11-21/h2-5H,6-11H2,1H3,(H,20,23)/t16-/m0/s1. The molecule has 0 saturated carbocycles. The van der Waals surface area contributed by atoms with E-state index in [0.717, 1.165) is 4.90 Å². The summed E-state index contributed by atoms with van der Waals surface area (Å²) in [5.41, 5.74) is -1.21. The molecule has 2 amide bonds. The first-order valence-electron chi connectivity index (χ1n) is 8.05. The fourth-order valence-corrected chi connectivity index (χ4v) is 3.49. The number of piperidine rings is 1. The predicted octanol–water partition coefficient (Wildman–Crippen LogP) is 1.45. The van der Waals surface area contributed by atoms with E-state index in [2.05, 4.69) is 5.32 Å². The van der Waals surface area contributed by atoms with Crippen LogP contribution in [0.4, 0.5) is 8.78 Å². The third kappa shape index (κ3) is 3.52. The number of nitrogens with one attached hydrogen (secondary N) is 1. The van der Waals surface area contributed by atoms with E-state index in [1.54, 1.807) is 24.3 Å². The molecule has 0 aliphatic carbocycles. The van der Waals surface area contributed by atoms with Crippen molar-refractivity contribution in [3.63, 3.8) is 0 Å². The van der Waals surface area contributed by atoms with Crippen molar-refractivity contribution < 1.29 is 27.8 Å². The zero-order valence-electron chi connectivity index (χ0n) is 13.9. The number of likely N-dealkylation sites (tertiary alicyclic amines) is 1. The molecule has 1 aromatic carbocycles. The minimum Gasteiger partial charge on any atom is -0.493 e. The maximum atomic E-state index is 14.1. The summed E-state index contributed by atoms with van der Waals surface area (Å²) >= 11 is 0. The van der Waals surface area contributed by atoms with Crippen molar-refractivity contribution in [2.24, 2.45) is 5.41 Å². The van der Waals surface area contributed by atoms with Gasteiger partial charge in [0.15, 0.2) is 18.1 Å². The van der Waals surface area contributed by atoms with Gasteiger partial charge < -0.3 is 19.7 Å². The van der Waals surface area contributed by atoms with Crippen molar-refractivity contribution in [3.8, 4) is 11.5 Å². The maximum Gasteiger partial charge on any atom is 0.266 e. The Hall–Kier alpha value is -2.38. The number of alkyl halides is 2. The van der Waals surface area contributed by atoms with Gasteiger partial charge in [0.1, 0.15) is 0 Å². The first-order chi connectivity index (χ1) is 11.9. The molecular weight excluding hydrogens is 334 g/mol. The van der Waals surface area contributed by atoms with Crippen molar-refractivity contribution in [3.05, 3.63) is 24.3 Å². The van der Waals surface area contributed by atoms with E-state index >= 15 is 0 Å². The number of hydrogen-bond acceptors (Lipinski definition) is 4. The summed E-state index contributed by atoms with van der Waals surface area (Å²) in [6, 6.07) is 6.77. The lowest BCUT2D eigenvalue weighted by molar-refractivity contribution is -0.161. The fourth-order valence-electron chi connectivity index (χ4n) is 3.49. The van der Waals surface area contributed by atoms with E-state index in [0.29, 0.717) is 24.5 Å². The monoisotopic (exact) mass is 354 g/mol. The van der Waals surface area contributed by atoms with Crippen LogP contribution in [0.1, 0.15) is 12.8 Å². The van der Waals surface area contributed by atoms with Gasteiger partial charge in [-0.15, -0.1) is 0 Å². The van der Waals surface area contributed by atoms with E-state index in [1.165, 1.54) is 7.11 Å². The van der Waals surface area contributed by atoms with Crippen LogP contribution in [0.15, 0.2) is 24.3 Å². The topological polar surface area (TPSA) is 67.9 Å². The molecule has 1 aromatic rings. The molecule has 1 spiro atoms. The zero-order valence-corrected chi connectivity index (χ0v) is 13.9. The molecule has 0 aromatic heterocycles. The number of carbonyl (C=O) groups is 2. The van der Waals surface area contributed by atoms with Crippen LogP contribution in [0.5, 0.6) is 11.5 Å². The Morgan fingerprint density at radius 1 is 1.28 bits per heavy atom. The molecule has 2 fully saturated rings. The molecule has 0 unspecified atom stereocenters. The molecule has 0 bridgehead atoms. The second-order valence-electron chi connectivity index (χ2n) is 6.51. The van der Waals surface area contributed by atoms with Crippen LogP contribution >= 0.6 is 0 Å². The zero-order chi connectivity index (χ0) is 18.1. The number of hydrogen-bond donors (Lipinski definition) is 1. The Balaban J connectivity index is 1.70. The second-order valence-corrected chi connectivity index (χ2v) is 6.51. The number of benzene rings is 1. The van der Waals surface area contributed by atoms with Gasteiger partial charge in [-0.1, -0.05) is 12.1 Å². The Morgan fingerprint density at radius 2 is 2.00 bits per heavy atom. The predicted molar refractivity (Wildman–Crippen MR) is 84.7 cm³/mol. The largest absolute Gasteiger partial charge is 0.493 e. The summed E-state index contributed by atoms with van der Waals surface area (Å²) in [6.45, 7) is -0.749. The molecule has 2 heterocycles. The number of para-hydroxylation sites is 2. The minimum atomic E-state index is -3.10. The third-order valence-electron chi connectivity index (χ3n) is 4.66. The van der Waals surface area contributed by atoms with Crippen LogP contribution in [0.2, 0.25) is 0 Å². The molecule has 0 radical (unpaired) electrons. The van der Waals surface area contributed by atoms with Gasteiger partial charge in [0.05, 0.1) is 19.1 Å². The molecule has 25 heavy (non-hydrogen) atoms. The van der Waals surface area contributed by atoms with Crippen molar-refractivity contribution in [1.82, 2.24) is 10.2 Å². The maximum absolute atomic E-state index is 14.1. The average Bonchev–Trinajstić information content (AvgIpc) is 2.90. The van der Waals surface area contributed by atoms with Gasteiger partial charge in [0.2, 0.25) is 5.91 Å². The SMILES string of the molecule is COc1ccccc1OCC(=O)N1CC(F)(F)C[C@@]2(CCNC2=O)C1. The van der Waals surface area contributed by atoms with Crippen LogP contribution in [0.25, 0.3) is 0 Å². The number of halogens is 2. The molecule has 8 heteroatoms. The van der Waals surface area contributed by atoms with E-state index < -0.39 is 42.7 Å². The first kappa shape index (κ1) is 17.4. The van der Waals surface area contributed by atoms with E-state index in [-0.39, 0.29) is 6.54 Å². The molecule has 2 aliphatic rings. The second kappa shape index (κ2) is 6.50. The third-order valence-corrected chi connectivity index (χ3v) is 4.66. The lowest BCUT2D eigenvalue weighted by Crippen LogP contribution is -2.57. The highest BCUT2D eigenvalue weighted by atomic mass is 19.3. The van der Waals surface area contributed by atoms with Gasteiger partial charge in [-0.25, -0.2) is 8.78 Å². The van der Waals surface area contributed by atoms with Crippen molar-refractivity contribution in [1.29, 1.82) is 0 Å². The Morgan fingerprint density at radius 3 is 2.64 bits per heavy atom. The number of nitrogens with zero attached hydrogens (tertiary/aromatic N) is 1. The quantitative estimate of drug-likeness (QED) is 0.889. The Kier molecular flexibility index (Phi) is 4.53. The van der Waals surface area contributed by atoms with Gasteiger partial charge >= 0.3 is 0 Å². The summed E-state index contributed by atoms with van der Waals surface area (Å²) < 4.78 is 38.8. The number of amides is 2. The van der Waals surface area contributed by atoms with Gasteiger partial charge in [-0.3, -0.25) is 9.59 Å². The summed E-state index contributed by atoms with van der Waals surface area (Å²) in [5.74, 6) is -3.28. The Labute approximate surface area is 144 Å². The molecule has 1 atom stereocenters. The number of ether oxygens (including phenoxy) is 2. The first-order valence-corrected chi connectivity index (χ1v) is 8.05. The number of rotatable bonds is 4. The van der Waals surface area contributed by atoms with Crippen LogP contribution in [0, 0.1) is 5.41 Å². The van der Waals surface area contributed by atoms with Gasteiger partial charge in [-0.05, 0) is 18.6 Å². The van der Waals surface area contributed by atoms with E-state index in [4.69, 9.17) is 9.47 Å². The Bertz CT molecular complexity index is 682. The van der Waals surface area contributed by atoms with Crippen LogP contribution < -0.4 is 14.8 Å². The van der Waals surface area contributed by atoms with Crippen LogP contribution in [-0.4, -0.2) is 56.0 Å². The highest BCUT2D eigenvalue weighted by molar-refractivity contribution is 5.86. The smallest absolute Gasteiger partial charge is 0.266 e. The van der Waals surface area contributed by atoms with Crippen LogP contribution in [0.3, 0.4) is 0 Å². The highest BCUT2D eigenvalue weighted by Crippen LogP contribution is 2.43. The van der Waals surface area contributed by atoms with Gasteiger partial charge in [0.25, 0.3) is 11.8 Å². The molecule has 2 saturated heterocycles. The molecule has 136 valence electrons. The van der Waals surface area contributed by atoms with Crippen LogP contribution in [-0.2, 0) is 9.59 Å². The van der Waals surface area contributed by atoms with Gasteiger partial charge in [0, 0.05) is 19.5 Å². The van der Waals surface area contributed by atoms with Crippen molar-refractivity contribution in [2.45, 2.75) is 18.8 Å². The summed E-state index contributed by atoms with van der Waals surface area (Å²) in [4.78, 5) is 25.5. The van der Waals surface area contributed by atoms with E-state index in [9.17, 15) is 18.4 Å². The lowest BCUT2D eigenvalue weighted by Gasteiger charge is -2.42. The van der Waals surface area contributed by atoms with Gasteiger partial charge in [-0.2, -0.15) is 0 Å². The molecular formula is C17H20F2N2O4. The number of methoxy groups -OCH3 is 1. The lowest BCUT2D eigenvalue weighted by atomic mass is 9.77. The van der Waals surface area contributed by atoms with Crippen molar-refractivity contribution >= 4 is 11.8 Å². The fraction of sp³-hybridized carbons (Fsp3) is 0.529. The average molecular weight is 354 g/mol. The summed E-state index contributed by atoms with van der Waals surface area (Å²) in [7, 11) is 1.47. The molecule has 6 nitrogen and oxygen atoms in total. The normalized spacial score (nSPS) is 24.9. The molecule has 2 aliphatic heterocycles. The summed E-state index contributed by atoms with van der Waals surface area (Å²) in [5, 5.41) is 2.59. The number of carbonyl (C=O) groups excluding carboxylic acids is 2. The van der Waals surface area contributed by atoms with E-state index in [1.807, 2.05) is 0 Å². The molecule has 3 rings (SSSR count). The molecule has 1 N–H and O–H groups in total. The highest BCUT2D eigenvalue weighted by Gasteiger charge is 2.55. The minimum absolute atomic E-state index is 0.0114. The summed E-state index contributed by atoms with van der Waals surface area (Å²) in [6.07, 6.45) is -0.221.